The van der Waals surface area contributed by atoms with Gasteiger partial charge in [0.1, 0.15) is 11.5 Å². The van der Waals surface area contributed by atoms with E-state index in [1.807, 2.05) is 53.9 Å². The van der Waals surface area contributed by atoms with Crippen LogP contribution in [0.25, 0.3) is 0 Å². The summed E-state index contributed by atoms with van der Waals surface area (Å²) in [6, 6.07) is 23.5. The molecule has 4 rings (SSSR count). The number of hydrogen-bond donors (Lipinski definition) is 0. The van der Waals surface area contributed by atoms with Gasteiger partial charge in [-0.2, -0.15) is 0 Å². The molecule has 0 spiro atoms. The van der Waals surface area contributed by atoms with E-state index in [0.717, 1.165) is 0 Å². The fourth-order valence-electron chi connectivity index (χ4n) is 3.14. The number of rotatable bonds is 7. The summed E-state index contributed by atoms with van der Waals surface area (Å²) in [5.74, 6) is 2.84. The summed E-state index contributed by atoms with van der Waals surface area (Å²) >= 11 is 3.94. The third kappa shape index (κ3) is 5.93. The predicted molar refractivity (Wildman–Crippen MR) is 126 cm³/mol. The van der Waals surface area contributed by atoms with Crippen molar-refractivity contribution in [2.45, 2.75) is 11.0 Å². The molecule has 1 aliphatic heterocycles. The highest BCUT2D eigenvalue weighted by Crippen LogP contribution is 2.43. The summed E-state index contributed by atoms with van der Waals surface area (Å²) < 4.78 is 11.3. The maximum atomic E-state index is 12.4. The minimum absolute atomic E-state index is 0.0738. The Labute approximate surface area is 190 Å². The zero-order chi connectivity index (χ0) is 21.5. The molecule has 3 aromatic rings. The molecule has 0 radical (unpaired) electrons. The van der Waals surface area contributed by atoms with E-state index in [4.69, 9.17) is 9.47 Å². The zero-order valence-electron chi connectivity index (χ0n) is 16.9. The van der Waals surface area contributed by atoms with E-state index in [1.54, 1.807) is 36.4 Å². The molecule has 1 saturated heterocycles. The predicted octanol–water partition coefficient (Wildman–Crippen LogP) is 5.77. The molecule has 1 fully saturated rings. The minimum atomic E-state index is -0.496. The third-order valence-corrected chi connectivity index (χ3v) is 7.74. The molecule has 0 aliphatic carbocycles. The van der Waals surface area contributed by atoms with Crippen LogP contribution in [0.15, 0.2) is 78.9 Å². The molecule has 158 valence electrons. The van der Waals surface area contributed by atoms with Gasteiger partial charge in [0.2, 0.25) is 0 Å². The molecule has 1 aliphatic rings. The van der Waals surface area contributed by atoms with Gasteiger partial charge in [0, 0.05) is 11.1 Å². The standard InChI is InChI=1S/C25H22O4S2/c26-23(17-28-21-11-9-20(10-12-21)25-30-15-4-16-31-25)29-22-13-7-19(8-14-22)24(27)18-5-2-1-3-6-18/h1-3,5-14,25H,4,15-17H2. The van der Waals surface area contributed by atoms with Crippen molar-refractivity contribution in [2.75, 3.05) is 18.1 Å². The van der Waals surface area contributed by atoms with Crippen molar-refractivity contribution in [3.05, 3.63) is 95.6 Å². The largest absolute Gasteiger partial charge is 0.482 e. The highest BCUT2D eigenvalue weighted by atomic mass is 32.2. The van der Waals surface area contributed by atoms with Crippen molar-refractivity contribution in [1.82, 2.24) is 0 Å². The van der Waals surface area contributed by atoms with Crippen molar-refractivity contribution in [2.24, 2.45) is 0 Å². The molecule has 0 saturated carbocycles. The van der Waals surface area contributed by atoms with Gasteiger partial charge in [-0.05, 0) is 59.9 Å². The van der Waals surface area contributed by atoms with E-state index in [0.29, 0.717) is 27.2 Å². The molecule has 0 amide bonds. The SMILES string of the molecule is O=C(COc1ccc(C2SCCCS2)cc1)Oc1ccc(C(=O)c2ccccc2)cc1. The molecule has 0 aromatic heterocycles. The average Bonchev–Trinajstić information content (AvgIpc) is 2.84. The highest BCUT2D eigenvalue weighted by molar-refractivity contribution is 8.16. The normalized spacial score (nSPS) is 14.1. The summed E-state index contributed by atoms with van der Waals surface area (Å²) in [5, 5.41) is 0. The molecule has 31 heavy (non-hydrogen) atoms. The van der Waals surface area contributed by atoms with Gasteiger partial charge in [-0.3, -0.25) is 4.79 Å². The number of hydrogen-bond acceptors (Lipinski definition) is 6. The van der Waals surface area contributed by atoms with Crippen LogP contribution in [0.1, 0.15) is 32.5 Å². The van der Waals surface area contributed by atoms with E-state index in [1.165, 1.54) is 23.5 Å². The van der Waals surface area contributed by atoms with Gasteiger partial charge in [-0.25, -0.2) is 4.79 Å². The monoisotopic (exact) mass is 450 g/mol. The second kappa shape index (κ2) is 10.6. The van der Waals surface area contributed by atoms with Gasteiger partial charge in [-0.1, -0.05) is 42.5 Å². The lowest BCUT2D eigenvalue weighted by molar-refractivity contribution is -0.136. The van der Waals surface area contributed by atoms with Crippen LogP contribution in [0, 0.1) is 0 Å². The average molecular weight is 451 g/mol. The first kappa shape index (κ1) is 21.5. The lowest BCUT2D eigenvalue weighted by atomic mass is 10.0. The topological polar surface area (TPSA) is 52.6 Å². The van der Waals surface area contributed by atoms with Crippen LogP contribution < -0.4 is 9.47 Å². The van der Waals surface area contributed by atoms with Crippen molar-refractivity contribution in [3.8, 4) is 11.5 Å². The number of esters is 1. The molecule has 0 N–H and O–H groups in total. The smallest absolute Gasteiger partial charge is 0.349 e. The second-order valence-electron chi connectivity index (χ2n) is 6.98. The molecule has 0 unspecified atom stereocenters. The Balaban J connectivity index is 1.27. The fourth-order valence-corrected chi connectivity index (χ4v) is 6.03. The quantitative estimate of drug-likeness (QED) is 0.259. The molecule has 0 bridgehead atoms. The Kier molecular flexibility index (Phi) is 7.33. The molecule has 1 heterocycles. The van der Waals surface area contributed by atoms with Crippen molar-refractivity contribution >= 4 is 35.3 Å². The number of carbonyl (C=O) groups excluding carboxylic acids is 2. The first-order valence-corrected chi connectivity index (χ1v) is 12.2. The summed E-state index contributed by atoms with van der Waals surface area (Å²) in [7, 11) is 0. The summed E-state index contributed by atoms with van der Waals surface area (Å²) in [5.41, 5.74) is 2.43. The van der Waals surface area contributed by atoms with Gasteiger partial charge >= 0.3 is 5.97 Å². The van der Waals surface area contributed by atoms with Crippen LogP contribution in [0.2, 0.25) is 0 Å². The third-order valence-electron chi connectivity index (χ3n) is 4.72. The summed E-state index contributed by atoms with van der Waals surface area (Å²) in [6.45, 7) is -0.184. The van der Waals surface area contributed by atoms with Crippen molar-refractivity contribution in [1.29, 1.82) is 0 Å². The Morgan fingerprint density at radius 2 is 1.39 bits per heavy atom. The first-order valence-electron chi connectivity index (χ1n) is 10.1. The van der Waals surface area contributed by atoms with Crippen LogP contribution in [-0.4, -0.2) is 29.9 Å². The van der Waals surface area contributed by atoms with Crippen LogP contribution in [0.5, 0.6) is 11.5 Å². The number of carbonyl (C=O) groups is 2. The molecule has 3 aromatic carbocycles. The van der Waals surface area contributed by atoms with Crippen LogP contribution in [0.3, 0.4) is 0 Å². The van der Waals surface area contributed by atoms with Crippen molar-refractivity contribution in [3.63, 3.8) is 0 Å². The van der Waals surface area contributed by atoms with Gasteiger partial charge in [-0.15, -0.1) is 23.5 Å². The van der Waals surface area contributed by atoms with E-state index in [9.17, 15) is 9.59 Å². The highest BCUT2D eigenvalue weighted by Gasteiger charge is 2.16. The number of benzene rings is 3. The van der Waals surface area contributed by atoms with Gasteiger partial charge in [0.25, 0.3) is 0 Å². The van der Waals surface area contributed by atoms with Crippen LogP contribution >= 0.6 is 23.5 Å². The molecular weight excluding hydrogens is 428 g/mol. The summed E-state index contributed by atoms with van der Waals surface area (Å²) in [6.07, 6.45) is 1.27. The van der Waals surface area contributed by atoms with Crippen LogP contribution in [-0.2, 0) is 4.79 Å². The lowest BCUT2D eigenvalue weighted by Gasteiger charge is -2.21. The van der Waals surface area contributed by atoms with Gasteiger partial charge in [0.05, 0.1) is 4.58 Å². The number of ketones is 1. The molecular formula is C25H22O4S2. The molecule has 6 heteroatoms. The Morgan fingerprint density at radius 3 is 2.06 bits per heavy atom. The minimum Gasteiger partial charge on any atom is -0.482 e. The van der Waals surface area contributed by atoms with E-state index >= 15 is 0 Å². The van der Waals surface area contributed by atoms with Gasteiger partial charge < -0.3 is 9.47 Å². The van der Waals surface area contributed by atoms with Gasteiger partial charge in [0.15, 0.2) is 12.4 Å². The number of thioether (sulfide) groups is 2. The Hall–Kier alpha value is -2.70. The number of ether oxygens (including phenoxy) is 2. The van der Waals surface area contributed by atoms with E-state index in [2.05, 4.69) is 12.1 Å². The maximum Gasteiger partial charge on any atom is 0.349 e. The molecule has 0 atom stereocenters. The maximum absolute atomic E-state index is 12.4. The van der Waals surface area contributed by atoms with E-state index < -0.39 is 5.97 Å². The Morgan fingerprint density at radius 1 is 0.774 bits per heavy atom. The van der Waals surface area contributed by atoms with Crippen LogP contribution in [0.4, 0.5) is 0 Å². The zero-order valence-corrected chi connectivity index (χ0v) is 18.5. The molecule has 4 nitrogen and oxygen atoms in total. The summed E-state index contributed by atoms with van der Waals surface area (Å²) in [4.78, 5) is 24.6. The lowest BCUT2D eigenvalue weighted by Crippen LogP contribution is -2.17. The van der Waals surface area contributed by atoms with Crippen molar-refractivity contribution < 1.29 is 19.1 Å². The first-order chi connectivity index (χ1) is 15.2. The fraction of sp³-hybridized carbons (Fsp3) is 0.200. The second-order valence-corrected chi connectivity index (χ2v) is 9.70. The Bertz CT molecular complexity index is 1010. The van der Waals surface area contributed by atoms with E-state index in [-0.39, 0.29) is 12.4 Å².